The zero-order valence-corrected chi connectivity index (χ0v) is 8.49. The van der Waals surface area contributed by atoms with E-state index in [9.17, 15) is 4.79 Å². The first-order valence-electron chi connectivity index (χ1n) is 4.71. The summed E-state index contributed by atoms with van der Waals surface area (Å²) in [5.41, 5.74) is 1.03. The van der Waals surface area contributed by atoms with Crippen LogP contribution >= 0.6 is 0 Å². The second kappa shape index (κ2) is 5.27. The average molecular weight is 193 g/mol. The van der Waals surface area contributed by atoms with Crippen LogP contribution in [0.15, 0.2) is 30.3 Å². The molecule has 0 aliphatic heterocycles. The van der Waals surface area contributed by atoms with Crippen molar-refractivity contribution in [3.63, 3.8) is 0 Å². The molecule has 3 heteroatoms. The molecule has 3 nitrogen and oxygen atoms in total. The highest BCUT2D eigenvalue weighted by Crippen LogP contribution is 2.20. The summed E-state index contributed by atoms with van der Waals surface area (Å²) in [5, 5.41) is 2.44. The molecule has 0 saturated carbocycles. The lowest BCUT2D eigenvalue weighted by Crippen LogP contribution is -2.21. The molecule has 0 radical (unpaired) electrons. The number of nitrogens with one attached hydrogen (secondary N) is 1. The van der Waals surface area contributed by atoms with E-state index in [1.807, 2.05) is 37.3 Å². The van der Waals surface area contributed by atoms with Gasteiger partial charge < -0.3 is 10.1 Å². The smallest absolute Gasteiger partial charge is 0.407 e. The molecule has 1 atom stereocenters. The number of carbonyl (C=O) groups excluding carboxylic acids is 1. The van der Waals surface area contributed by atoms with Crippen molar-refractivity contribution in [2.75, 3.05) is 7.05 Å². The normalized spacial score (nSPS) is 11.9. The van der Waals surface area contributed by atoms with Gasteiger partial charge in [-0.2, -0.15) is 0 Å². The zero-order valence-electron chi connectivity index (χ0n) is 8.49. The fraction of sp³-hybridized carbons (Fsp3) is 0.364. The van der Waals surface area contributed by atoms with Crippen LogP contribution in [0.2, 0.25) is 0 Å². The van der Waals surface area contributed by atoms with Gasteiger partial charge in [-0.25, -0.2) is 4.79 Å². The number of hydrogen-bond donors (Lipinski definition) is 1. The van der Waals surface area contributed by atoms with Gasteiger partial charge >= 0.3 is 6.09 Å². The highest BCUT2D eigenvalue weighted by atomic mass is 16.6. The van der Waals surface area contributed by atoms with Crippen molar-refractivity contribution in [1.29, 1.82) is 0 Å². The second-order valence-electron chi connectivity index (χ2n) is 2.96. The quantitative estimate of drug-likeness (QED) is 0.800. The maximum absolute atomic E-state index is 11.0. The maximum Gasteiger partial charge on any atom is 0.407 e. The minimum atomic E-state index is -0.388. The van der Waals surface area contributed by atoms with E-state index in [0.717, 1.165) is 12.0 Å². The minimum absolute atomic E-state index is 0.156. The van der Waals surface area contributed by atoms with Crippen molar-refractivity contribution in [2.45, 2.75) is 19.4 Å². The van der Waals surface area contributed by atoms with E-state index in [4.69, 9.17) is 4.74 Å². The van der Waals surface area contributed by atoms with Crippen molar-refractivity contribution >= 4 is 6.09 Å². The molecule has 0 fully saturated rings. The molecule has 14 heavy (non-hydrogen) atoms. The van der Waals surface area contributed by atoms with Crippen LogP contribution in [-0.4, -0.2) is 13.1 Å². The molecular weight excluding hydrogens is 178 g/mol. The Morgan fingerprint density at radius 2 is 2.07 bits per heavy atom. The standard InChI is InChI=1S/C11H15NO2/c1-3-10(14-11(13)12-2)9-7-5-4-6-8-9/h4-8,10H,3H2,1-2H3,(H,12,13). The molecule has 0 aliphatic rings. The highest BCUT2D eigenvalue weighted by Gasteiger charge is 2.12. The summed E-state index contributed by atoms with van der Waals surface area (Å²) < 4.78 is 5.18. The van der Waals surface area contributed by atoms with Crippen LogP contribution < -0.4 is 5.32 Å². The molecule has 0 spiro atoms. The van der Waals surface area contributed by atoms with Crippen molar-refractivity contribution in [3.8, 4) is 0 Å². The van der Waals surface area contributed by atoms with Crippen molar-refractivity contribution < 1.29 is 9.53 Å². The lowest BCUT2D eigenvalue weighted by Gasteiger charge is -2.15. The Balaban J connectivity index is 2.68. The van der Waals surface area contributed by atoms with Crippen molar-refractivity contribution in [3.05, 3.63) is 35.9 Å². The van der Waals surface area contributed by atoms with Crippen LogP contribution in [-0.2, 0) is 4.74 Å². The SMILES string of the molecule is CCC(OC(=O)NC)c1ccccc1. The van der Waals surface area contributed by atoms with Gasteiger partial charge in [0, 0.05) is 7.05 Å². The molecule has 0 bridgehead atoms. The van der Waals surface area contributed by atoms with Gasteiger partial charge in [0.15, 0.2) is 0 Å². The number of rotatable bonds is 3. The molecule has 1 aromatic rings. The summed E-state index contributed by atoms with van der Waals surface area (Å²) >= 11 is 0. The summed E-state index contributed by atoms with van der Waals surface area (Å²) in [4.78, 5) is 11.0. The lowest BCUT2D eigenvalue weighted by atomic mass is 10.1. The predicted molar refractivity (Wildman–Crippen MR) is 55.0 cm³/mol. The Kier molecular flexibility index (Phi) is 3.98. The van der Waals surface area contributed by atoms with E-state index >= 15 is 0 Å². The Morgan fingerprint density at radius 1 is 1.43 bits per heavy atom. The molecule has 1 amide bonds. The van der Waals surface area contributed by atoms with Gasteiger partial charge in [-0.05, 0) is 12.0 Å². The topological polar surface area (TPSA) is 38.3 Å². The number of ether oxygens (including phenoxy) is 1. The second-order valence-corrected chi connectivity index (χ2v) is 2.96. The van der Waals surface area contributed by atoms with Crippen LogP contribution in [0.3, 0.4) is 0 Å². The van der Waals surface area contributed by atoms with Crippen LogP contribution in [0.25, 0.3) is 0 Å². The number of carbonyl (C=O) groups is 1. The summed E-state index contributed by atoms with van der Waals surface area (Å²) in [6.45, 7) is 1.99. The summed E-state index contributed by atoms with van der Waals surface area (Å²) in [6.07, 6.45) is 0.231. The van der Waals surface area contributed by atoms with E-state index < -0.39 is 0 Å². The third-order valence-corrected chi connectivity index (χ3v) is 2.00. The molecule has 0 aromatic heterocycles. The number of amides is 1. The minimum Gasteiger partial charge on any atom is -0.441 e. The number of benzene rings is 1. The molecule has 0 aliphatic carbocycles. The van der Waals surface area contributed by atoms with E-state index in [2.05, 4.69) is 5.32 Å². The van der Waals surface area contributed by atoms with E-state index in [-0.39, 0.29) is 12.2 Å². The first kappa shape index (κ1) is 10.6. The van der Waals surface area contributed by atoms with Gasteiger partial charge in [-0.3, -0.25) is 0 Å². The molecule has 76 valence electrons. The Hall–Kier alpha value is -1.51. The van der Waals surface area contributed by atoms with E-state index in [1.54, 1.807) is 7.05 Å². The van der Waals surface area contributed by atoms with E-state index in [0.29, 0.717) is 0 Å². The third kappa shape index (κ3) is 2.76. The van der Waals surface area contributed by atoms with Crippen LogP contribution in [0, 0.1) is 0 Å². The van der Waals surface area contributed by atoms with Gasteiger partial charge in [0.1, 0.15) is 6.10 Å². The molecule has 0 heterocycles. The van der Waals surface area contributed by atoms with Gasteiger partial charge in [-0.1, -0.05) is 37.3 Å². The molecule has 1 N–H and O–H groups in total. The fourth-order valence-corrected chi connectivity index (χ4v) is 1.24. The largest absolute Gasteiger partial charge is 0.441 e. The summed E-state index contributed by atoms with van der Waals surface area (Å²) in [6, 6.07) is 9.72. The zero-order chi connectivity index (χ0) is 10.4. The number of alkyl carbamates (subject to hydrolysis) is 1. The molecule has 1 unspecified atom stereocenters. The highest BCUT2D eigenvalue weighted by molar-refractivity contribution is 5.67. The Bertz CT molecular complexity index is 285. The van der Waals surface area contributed by atoms with E-state index in [1.165, 1.54) is 0 Å². The van der Waals surface area contributed by atoms with Gasteiger partial charge in [0.2, 0.25) is 0 Å². The van der Waals surface area contributed by atoms with Gasteiger partial charge in [-0.15, -0.1) is 0 Å². The van der Waals surface area contributed by atoms with Crippen molar-refractivity contribution in [2.24, 2.45) is 0 Å². The fourth-order valence-electron chi connectivity index (χ4n) is 1.24. The molecule has 1 rings (SSSR count). The number of hydrogen-bond acceptors (Lipinski definition) is 2. The molecule has 0 saturated heterocycles. The average Bonchev–Trinajstić information content (AvgIpc) is 2.26. The maximum atomic E-state index is 11.0. The Morgan fingerprint density at radius 3 is 2.57 bits per heavy atom. The lowest BCUT2D eigenvalue weighted by molar-refractivity contribution is 0.0970. The summed E-state index contributed by atoms with van der Waals surface area (Å²) in [5.74, 6) is 0. The van der Waals surface area contributed by atoms with Crippen LogP contribution in [0.1, 0.15) is 25.0 Å². The van der Waals surface area contributed by atoms with Gasteiger partial charge in [0.25, 0.3) is 0 Å². The third-order valence-electron chi connectivity index (χ3n) is 2.00. The first-order valence-corrected chi connectivity index (χ1v) is 4.71. The molecular formula is C11H15NO2. The van der Waals surface area contributed by atoms with Crippen LogP contribution in [0.5, 0.6) is 0 Å². The van der Waals surface area contributed by atoms with Crippen LogP contribution in [0.4, 0.5) is 4.79 Å². The first-order chi connectivity index (χ1) is 6.77. The monoisotopic (exact) mass is 193 g/mol. The molecule has 1 aromatic carbocycles. The van der Waals surface area contributed by atoms with Gasteiger partial charge in [0.05, 0.1) is 0 Å². The Labute approximate surface area is 84.1 Å². The predicted octanol–water partition coefficient (Wildman–Crippen LogP) is 2.49. The van der Waals surface area contributed by atoms with Crippen molar-refractivity contribution in [1.82, 2.24) is 5.32 Å². The summed E-state index contributed by atoms with van der Waals surface area (Å²) in [7, 11) is 1.56.